The fraction of sp³-hybridized carbons (Fsp3) is 0.364. The van der Waals surface area contributed by atoms with Gasteiger partial charge in [0.15, 0.2) is 0 Å². The lowest BCUT2D eigenvalue weighted by atomic mass is 10.3. The van der Waals surface area contributed by atoms with Gasteiger partial charge in [-0.25, -0.2) is 9.37 Å². The number of hydrogen-bond acceptors (Lipinski definition) is 2. The van der Waals surface area contributed by atoms with E-state index in [0.717, 1.165) is 18.7 Å². The van der Waals surface area contributed by atoms with Crippen LogP contribution in [0.25, 0.3) is 5.52 Å². The summed E-state index contributed by atoms with van der Waals surface area (Å²) in [5.41, 5.74) is 0.806. The van der Waals surface area contributed by atoms with E-state index < -0.39 is 0 Å². The molecule has 0 saturated carbocycles. The molecular formula is C11H13FN2O. The fourth-order valence-electron chi connectivity index (χ4n) is 1.75. The van der Waals surface area contributed by atoms with Gasteiger partial charge in [-0.15, -0.1) is 0 Å². The zero-order chi connectivity index (χ0) is 10.8. The van der Waals surface area contributed by atoms with E-state index in [2.05, 4.69) is 4.98 Å². The number of nitrogens with zero attached hydrogens (tertiary/aromatic N) is 2. The molecule has 80 valence electrons. The summed E-state index contributed by atoms with van der Waals surface area (Å²) in [5.74, 6) is 0.465. The van der Waals surface area contributed by atoms with Crippen molar-refractivity contribution in [1.29, 1.82) is 0 Å². The van der Waals surface area contributed by atoms with Crippen LogP contribution in [0, 0.1) is 5.82 Å². The summed E-state index contributed by atoms with van der Waals surface area (Å²) in [7, 11) is 0. The average molecular weight is 208 g/mol. The van der Waals surface area contributed by atoms with Crippen LogP contribution < -0.4 is 0 Å². The monoisotopic (exact) mass is 208 g/mol. The van der Waals surface area contributed by atoms with Crippen LogP contribution in [0.15, 0.2) is 18.3 Å². The lowest BCUT2D eigenvalue weighted by Gasteiger charge is -1.99. The molecule has 2 aromatic heterocycles. The predicted octanol–water partition coefficient (Wildman–Crippen LogP) is 1.92. The van der Waals surface area contributed by atoms with E-state index in [1.165, 1.54) is 6.07 Å². The fourth-order valence-corrected chi connectivity index (χ4v) is 1.75. The average Bonchev–Trinajstić information content (AvgIpc) is 2.59. The maximum absolute atomic E-state index is 13.5. The first kappa shape index (κ1) is 10.1. The summed E-state index contributed by atoms with van der Waals surface area (Å²) in [6, 6.07) is 3.02. The Balaban J connectivity index is 2.69. The molecule has 0 aliphatic heterocycles. The van der Waals surface area contributed by atoms with Crippen molar-refractivity contribution in [3.05, 3.63) is 35.7 Å². The summed E-state index contributed by atoms with van der Waals surface area (Å²) in [6.07, 6.45) is 3.50. The van der Waals surface area contributed by atoms with Gasteiger partial charge >= 0.3 is 0 Å². The lowest BCUT2D eigenvalue weighted by molar-refractivity contribution is 0.278. The number of halogens is 1. The van der Waals surface area contributed by atoms with Gasteiger partial charge in [-0.2, -0.15) is 0 Å². The molecule has 3 nitrogen and oxygen atoms in total. The summed E-state index contributed by atoms with van der Waals surface area (Å²) in [6.45, 7) is 1.81. The Kier molecular flexibility index (Phi) is 2.68. The number of aliphatic hydroxyl groups excluding tert-OH is 1. The Labute approximate surface area is 87.2 Å². The first-order valence-electron chi connectivity index (χ1n) is 5.03. The molecule has 0 fully saturated rings. The molecule has 0 saturated heterocycles. The molecule has 0 spiro atoms. The van der Waals surface area contributed by atoms with Crippen molar-refractivity contribution in [1.82, 2.24) is 9.38 Å². The van der Waals surface area contributed by atoms with Crippen molar-refractivity contribution < 1.29 is 9.50 Å². The van der Waals surface area contributed by atoms with Gasteiger partial charge in [0.25, 0.3) is 0 Å². The zero-order valence-electron chi connectivity index (χ0n) is 8.57. The van der Waals surface area contributed by atoms with E-state index in [-0.39, 0.29) is 12.4 Å². The maximum atomic E-state index is 13.5. The molecule has 0 aromatic carbocycles. The van der Waals surface area contributed by atoms with Gasteiger partial charge in [0, 0.05) is 12.6 Å². The van der Waals surface area contributed by atoms with Crippen LogP contribution in [-0.4, -0.2) is 14.5 Å². The maximum Gasteiger partial charge on any atom is 0.149 e. The molecule has 0 aliphatic carbocycles. The topological polar surface area (TPSA) is 37.5 Å². The smallest absolute Gasteiger partial charge is 0.149 e. The van der Waals surface area contributed by atoms with Gasteiger partial charge < -0.3 is 9.51 Å². The van der Waals surface area contributed by atoms with Crippen LogP contribution in [0.4, 0.5) is 4.39 Å². The molecule has 1 N–H and O–H groups in total. The van der Waals surface area contributed by atoms with Crippen molar-refractivity contribution in [2.75, 3.05) is 0 Å². The first-order valence-corrected chi connectivity index (χ1v) is 5.03. The number of aliphatic hydroxyl groups is 1. The molecule has 0 bridgehead atoms. The molecule has 15 heavy (non-hydrogen) atoms. The lowest BCUT2D eigenvalue weighted by Crippen LogP contribution is -1.94. The highest BCUT2D eigenvalue weighted by Gasteiger charge is 2.12. The van der Waals surface area contributed by atoms with E-state index in [9.17, 15) is 4.39 Å². The molecule has 0 atom stereocenters. The number of pyridine rings is 1. The Morgan fingerprint density at radius 3 is 3.00 bits per heavy atom. The number of aryl methyl sites for hydroxylation is 1. The van der Waals surface area contributed by atoms with Crippen molar-refractivity contribution in [2.45, 2.75) is 26.4 Å². The van der Waals surface area contributed by atoms with Gasteiger partial charge in [-0.05, 0) is 18.6 Å². The summed E-state index contributed by atoms with van der Waals surface area (Å²) in [5, 5.41) is 9.10. The summed E-state index contributed by atoms with van der Waals surface area (Å²) >= 11 is 0. The second kappa shape index (κ2) is 3.98. The standard InChI is InChI=1S/C11H13FN2O/c1-2-4-10-13-9(7-15)11-8(12)5-3-6-14(10)11/h3,5-6,15H,2,4,7H2,1H3. The van der Waals surface area contributed by atoms with E-state index >= 15 is 0 Å². The third-order valence-corrected chi connectivity index (χ3v) is 2.38. The van der Waals surface area contributed by atoms with Gasteiger partial charge in [0.2, 0.25) is 0 Å². The molecule has 2 rings (SSSR count). The van der Waals surface area contributed by atoms with E-state index in [1.54, 1.807) is 16.7 Å². The number of rotatable bonds is 3. The van der Waals surface area contributed by atoms with Crippen molar-refractivity contribution in [2.24, 2.45) is 0 Å². The highest BCUT2D eigenvalue weighted by atomic mass is 19.1. The van der Waals surface area contributed by atoms with Crippen molar-refractivity contribution in [3.63, 3.8) is 0 Å². The number of hydrogen-bond donors (Lipinski definition) is 1. The molecule has 2 aromatic rings. The minimum Gasteiger partial charge on any atom is -0.390 e. The quantitative estimate of drug-likeness (QED) is 0.836. The van der Waals surface area contributed by atoms with Crippen LogP contribution >= 0.6 is 0 Å². The zero-order valence-corrected chi connectivity index (χ0v) is 8.57. The molecule has 0 amide bonds. The van der Waals surface area contributed by atoms with E-state index in [1.807, 2.05) is 6.92 Å². The normalized spacial score (nSPS) is 11.1. The number of fused-ring (bicyclic) bond motifs is 1. The minimum absolute atomic E-state index is 0.228. The second-order valence-corrected chi connectivity index (χ2v) is 3.46. The summed E-state index contributed by atoms with van der Waals surface area (Å²) in [4.78, 5) is 4.23. The molecule has 0 unspecified atom stereocenters. The van der Waals surface area contributed by atoms with Crippen LogP contribution in [0.2, 0.25) is 0 Å². The molecule has 2 heterocycles. The Morgan fingerprint density at radius 2 is 2.33 bits per heavy atom. The molecule has 4 heteroatoms. The Morgan fingerprint density at radius 1 is 1.53 bits per heavy atom. The van der Waals surface area contributed by atoms with Crippen molar-refractivity contribution >= 4 is 5.52 Å². The van der Waals surface area contributed by atoms with Crippen LogP contribution in [0.1, 0.15) is 24.9 Å². The van der Waals surface area contributed by atoms with E-state index in [0.29, 0.717) is 11.2 Å². The molecule has 0 aliphatic rings. The van der Waals surface area contributed by atoms with Gasteiger partial charge in [0.05, 0.1) is 12.3 Å². The molecule has 0 radical (unpaired) electrons. The van der Waals surface area contributed by atoms with Crippen LogP contribution in [-0.2, 0) is 13.0 Å². The predicted molar refractivity (Wildman–Crippen MR) is 55.1 cm³/mol. The Bertz CT molecular complexity index is 479. The minimum atomic E-state index is -0.337. The van der Waals surface area contributed by atoms with Crippen LogP contribution in [0.3, 0.4) is 0 Å². The largest absolute Gasteiger partial charge is 0.390 e. The highest BCUT2D eigenvalue weighted by Crippen LogP contribution is 2.17. The third kappa shape index (κ3) is 1.61. The number of imidazole rings is 1. The summed E-state index contributed by atoms with van der Waals surface area (Å²) < 4.78 is 15.2. The number of aromatic nitrogens is 2. The SMILES string of the molecule is CCCc1nc(CO)c2c(F)cccn12. The van der Waals surface area contributed by atoms with Gasteiger partial charge in [-0.3, -0.25) is 0 Å². The van der Waals surface area contributed by atoms with Crippen LogP contribution in [0.5, 0.6) is 0 Å². The highest BCUT2D eigenvalue weighted by molar-refractivity contribution is 5.54. The van der Waals surface area contributed by atoms with Gasteiger partial charge in [-0.1, -0.05) is 6.92 Å². The third-order valence-electron chi connectivity index (χ3n) is 2.38. The van der Waals surface area contributed by atoms with Gasteiger partial charge in [0.1, 0.15) is 17.2 Å². The van der Waals surface area contributed by atoms with Crippen molar-refractivity contribution in [3.8, 4) is 0 Å². The van der Waals surface area contributed by atoms with E-state index in [4.69, 9.17) is 5.11 Å². The molecular weight excluding hydrogens is 195 g/mol. The first-order chi connectivity index (χ1) is 7.27. The second-order valence-electron chi connectivity index (χ2n) is 3.46. The Hall–Kier alpha value is -1.42.